The maximum absolute atomic E-state index is 2.08. The third-order valence-electron chi connectivity index (χ3n) is 0.940. The summed E-state index contributed by atoms with van der Waals surface area (Å²) in [4.78, 5) is 0. The average Bonchev–Trinajstić information content (AvgIpc) is 1.69. The number of hydrogen-bond donors (Lipinski definition) is 0. The SMILES string of the molecule is Cc1ccccc1.[H-].[Li+].[Y]. The van der Waals surface area contributed by atoms with Crippen molar-refractivity contribution in [1.82, 2.24) is 0 Å². The van der Waals surface area contributed by atoms with Gasteiger partial charge in [0.25, 0.3) is 0 Å². The minimum atomic E-state index is 0. The molecule has 1 aromatic carbocycles. The van der Waals surface area contributed by atoms with Crippen LogP contribution in [0.5, 0.6) is 0 Å². The molecule has 0 aliphatic rings. The number of hydrogen-bond acceptors (Lipinski definition) is 0. The molecule has 0 heterocycles. The van der Waals surface area contributed by atoms with E-state index < -0.39 is 0 Å². The van der Waals surface area contributed by atoms with Gasteiger partial charge in [-0.05, 0) is 6.92 Å². The molecule has 0 saturated heterocycles. The summed E-state index contributed by atoms with van der Waals surface area (Å²) in [5, 5.41) is 0. The summed E-state index contributed by atoms with van der Waals surface area (Å²) in [6.07, 6.45) is 0. The van der Waals surface area contributed by atoms with Crippen LogP contribution in [0.3, 0.4) is 0 Å². The van der Waals surface area contributed by atoms with Crippen LogP contribution in [0.1, 0.15) is 6.99 Å². The Hall–Kier alpha value is 0.921. The van der Waals surface area contributed by atoms with Gasteiger partial charge in [-0.1, -0.05) is 35.9 Å². The molecule has 0 aliphatic heterocycles. The van der Waals surface area contributed by atoms with Crippen LogP contribution in [0, 0.1) is 6.92 Å². The molecule has 1 rings (SSSR count). The summed E-state index contributed by atoms with van der Waals surface area (Å²) in [7, 11) is 0. The Morgan fingerprint density at radius 2 is 1.56 bits per heavy atom. The smallest absolute Gasteiger partial charge is 1.00 e. The molecule has 2 heteroatoms. The predicted molar refractivity (Wildman–Crippen MR) is 32.3 cm³/mol. The van der Waals surface area contributed by atoms with Crippen LogP contribution in [0.25, 0.3) is 0 Å². The zero-order chi connectivity index (χ0) is 5.11. The standard InChI is InChI=1S/C7H8.Li.Y.H/c1-7-5-3-2-4-6-7;;;/h2-6H,1H3;;;/q;+1;;-1. The molecule has 1 aromatic rings. The van der Waals surface area contributed by atoms with Gasteiger partial charge in [-0.15, -0.1) is 0 Å². The Morgan fingerprint density at radius 1 is 1.11 bits per heavy atom. The van der Waals surface area contributed by atoms with Gasteiger partial charge in [0, 0.05) is 32.7 Å². The van der Waals surface area contributed by atoms with Crippen LogP contribution in [-0.4, -0.2) is 0 Å². The predicted octanol–water partition coefficient (Wildman–Crippen LogP) is -0.891. The molecule has 0 bridgehead atoms. The molecular formula is C7H9LiY. The van der Waals surface area contributed by atoms with E-state index in [9.17, 15) is 0 Å². The van der Waals surface area contributed by atoms with Gasteiger partial charge < -0.3 is 1.43 Å². The molecule has 0 fully saturated rings. The maximum atomic E-state index is 2.08. The van der Waals surface area contributed by atoms with Crippen molar-refractivity contribution < 1.29 is 53.0 Å². The van der Waals surface area contributed by atoms with Crippen molar-refractivity contribution in [2.75, 3.05) is 0 Å². The molecule has 0 atom stereocenters. The van der Waals surface area contributed by atoms with Crippen molar-refractivity contribution in [3.63, 3.8) is 0 Å². The van der Waals surface area contributed by atoms with Crippen LogP contribution in [0.2, 0.25) is 0 Å². The van der Waals surface area contributed by atoms with E-state index in [0.29, 0.717) is 0 Å². The average molecular weight is 189 g/mol. The zero-order valence-electron chi connectivity index (χ0n) is 6.96. The number of aryl methyl sites for hydroxylation is 1. The van der Waals surface area contributed by atoms with Gasteiger partial charge in [0.05, 0.1) is 0 Å². The first-order chi connectivity index (χ1) is 3.39. The maximum Gasteiger partial charge on any atom is 1.00 e. The van der Waals surface area contributed by atoms with E-state index in [-0.39, 0.29) is 53.0 Å². The fourth-order valence-corrected chi connectivity index (χ4v) is 0.534. The fourth-order valence-electron chi connectivity index (χ4n) is 0.534. The Morgan fingerprint density at radius 3 is 1.78 bits per heavy atom. The van der Waals surface area contributed by atoms with E-state index >= 15 is 0 Å². The topological polar surface area (TPSA) is 0 Å². The van der Waals surface area contributed by atoms with Gasteiger partial charge in [0.15, 0.2) is 0 Å². The summed E-state index contributed by atoms with van der Waals surface area (Å²) in [5.74, 6) is 0. The normalized spacial score (nSPS) is 6.78. The molecule has 0 N–H and O–H groups in total. The van der Waals surface area contributed by atoms with Crippen molar-refractivity contribution in [3.05, 3.63) is 35.9 Å². The third kappa shape index (κ3) is 5.37. The summed E-state index contributed by atoms with van der Waals surface area (Å²) < 4.78 is 0. The second-order valence-corrected chi connectivity index (χ2v) is 1.65. The quantitative estimate of drug-likeness (QED) is 0.464. The molecule has 9 heavy (non-hydrogen) atoms. The monoisotopic (exact) mass is 189 g/mol. The molecule has 0 saturated carbocycles. The van der Waals surface area contributed by atoms with Crippen LogP contribution in [0.4, 0.5) is 0 Å². The fraction of sp³-hybridized carbons (Fsp3) is 0.143. The van der Waals surface area contributed by atoms with Gasteiger partial charge in [-0.3, -0.25) is 0 Å². The number of rotatable bonds is 0. The van der Waals surface area contributed by atoms with E-state index in [0.717, 1.165) is 0 Å². The Balaban J connectivity index is -0.000000163. The summed E-state index contributed by atoms with van der Waals surface area (Å²) in [6.45, 7) is 2.08. The van der Waals surface area contributed by atoms with Gasteiger partial charge in [0.2, 0.25) is 0 Å². The van der Waals surface area contributed by atoms with Crippen LogP contribution in [0.15, 0.2) is 30.3 Å². The van der Waals surface area contributed by atoms with Crippen LogP contribution < -0.4 is 18.9 Å². The van der Waals surface area contributed by atoms with Crippen LogP contribution >= 0.6 is 0 Å². The first-order valence-electron chi connectivity index (χ1n) is 2.41. The third-order valence-corrected chi connectivity index (χ3v) is 0.940. The molecule has 0 amide bonds. The van der Waals surface area contributed by atoms with Crippen molar-refractivity contribution in [3.8, 4) is 0 Å². The van der Waals surface area contributed by atoms with E-state index in [2.05, 4.69) is 19.1 Å². The van der Waals surface area contributed by atoms with Gasteiger partial charge in [0.1, 0.15) is 0 Å². The largest absolute Gasteiger partial charge is 1.00 e. The summed E-state index contributed by atoms with van der Waals surface area (Å²) >= 11 is 0. The van der Waals surface area contributed by atoms with Crippen LogP contribution in [-0.2, 0) is 32.7 Å². The molecule has 0 spiro atoms. The van der Waals surface area contributed by atoms with Crippen molar-refractivity contribution in [1.29, 1.82) is 0 Å². The minimum Gasteiger partial charge on any atom is -1.00 e. The molecule has 41 valence electrons. The van der Waals surface area contributed by atoms with E-state index in [1.165, 1.54) is 5.56 Å². The molecular weight excluding hydrogens is 180 g/mol. The van der Waals surface area contributed by atoms with Gasteiger partial charge in [-0.2, -0.15) is 0 Å². The first-order valence-corrected chi connectivity index (χ1v) is 2.41. The molecule has 0 unspecified atom stereocenters. The van der Waals surface area contributed by atoms with Crippen molar-refractivity contribution in [2.24, 2.45) is 0 Å². The zero-order valence-corrected chi connectivity index (χ0v) is 8.80. The van der Waals surface area contributed by atoms with Gasteiger partial charge in [-0.25, -0.2) is 0 Å². The first kappa shape index (κ1) is 12.6. The Bertz CT molecular complexity index is 144. The Kier molecular flexibility index (Phi) is 9.83. The van der Waals surface area contributed by atoms with Crippen molar-refractivity contribution >= 4 is 0 Å². The number of benzene rings is 1. The molecule has 1 radical (unpaired) electrons. The summed E-state index contributed by atoms with van der Waals surface area (Å²) in [5.41, 5.74) is 1.32. The summed E-state index contributed by atoms with van der Waals surface area (Å²) in [6, 6.07) is 10.3. The Labute approximate surface area is 95.0 Å². The van der Waals surface area contributed by atoms with Gasteiger partial charge >= 0.3 is 18.9 Å². The molecule has 0 aliphatic carbocycles. The van der Waals surface area contributed by atoms with E-state index in [4.69, 9.17) is 0 Å². The second-order valence-electron chi connectivity index (χ2n) is 1.65. The van der Waals surface area contributed by atoms with E-state index in [1.807, 2.05) is 18.2 Å². The minimum absolute atomic E-state index is 0. The second kappa shape index (κ2) is 7.03. The van der Waals surface area contributed by atoms with Crippen molar-refractivity contribution in [2.45, 2.75) is 6.92 Å². The molecule has 0 nitrogen and oxygen atoms in total. The van der Waals surface area contributed by atoms with E-state index in [1.54, 1.807) is 0 Å². The molecule has 0 aromatic heterocycles.